The summed E-state index contributed by atoms with van der Waals surface area (Å²) in [5, 5.41) is 4.01. The Labute approximate surface area is 132 Å². The smallest absolute Gasteiger partial charge is 0.130 e. The van der Waals surface area contributed by atoms with Gasteiger partial charge in [0.05, 0.1) is 0 Å². The molecule has 0 amide bonds. The molecule has 21 heavy (non-hydrogen) atoms. The second-order valence-electron chi connectivity index (χ2n) is 5.33. The molecule has 0 aliphatic carbocycles. The molecule has 2 aromatic carbocycles. The van der Waals surface area contributed by atoms with Crippen LogP contribution in [0.15, 0.2) is 42.5 Å². The molecule has 1 N–H and O–H groups in total. The van der Waals surface area contributed by atoms with Crippen molar-refractivity contribution >= 4 is 11.6 Å². The first-order valence-corrected chi connectivity index (χ1v) is 7.75. The van der Waals surface area contributed by atoms with Gasteiger partial charge in [-0.2, -0.15) is 0 Å². The highest BCUT2D eigenvalue weighted by Crippen LogP contribution is 2.32. The highest BCUT2D eigenvalue weighted by molar-refractivity contribution is 6.31. The molecule has 0 unspecified atom stereocenters. The van der Waals surface area contributed by atoms with Gasteiger partial charge in [0.1, 0.15) is 11.5 Å². The maximum absolute atomic E-state index is 6.31. The normalized spacial score (nSPS) is 10.9. The molecule has 2 rings (SSSR count). The van der Waals surface area contributed by atoms with Crippen molar-refractivity contribution in [2.45, 2.75) is 33.2 Å². The Morgan fingerprint density at radius 1 is 1.14 bits per heavy atom. The van der Waals surface area contributed by atoms with Crippen LogP contribution in [0.4, 0.5) is 0 Å². The van der Waals surface area contributed by atoms with Crippen molar-refractivity contribution in [3.8, 4) is 11.5 Å². The van der Waals surface area contributed by atoms with Crippen LogP contribution >= 0.6 is 11.6 Å². The van der Waals surface area contributed by atoms with E-state index in [0.29, 0.717) is 5.92 Å². The van der Waals surface area contributed by atoms with Gasteiger partial charge in [-0.05, 0) is 41.8 Å². The van der Waals surface area contributed by atoms with E-state index >= 15 is 0 Å². The lowest BCUT2D eigenvalue weighted by Crippen LogP contribution is -2.11. The molecule has 0 aliphatic rings. The zero-order valence-electron chi connectivity index (χ0n) is 12.8. The second kappa shape index (κ2) is 7.48. The van der Waals surface area contributed by atoms with Gasteiger partial charge in [0.2, 0.25) is 0 Å². The van der Waals surface area contributed by atoms with E-state index in [2.05, 4.69) is 32.2 Å². The molecule has 0 heterocycles. The molecular weight excluding hydrogens is 282 g/mol. The highest BCUT2D eigenvalue weighted by atomic mass is 35.5. The molecule has 2 aromatic rings. The van der Waals surface area contributed by atoms with Gasteiger partial charge in [-0.1, -0.05) is 56.6 Å². The maximum Gasteiger partial charge on any atom is 0.130 e. The number of hydrogen-bond donors (Lipinski definition) is 1. The summed E-state index contributed by atoms with van der Waals surface area (Å²) < 4.78 is 6.01. The molecule has 0 bridgehead atoms. The van der Waals surface area contributed by atoms with E-state index in [0.717, 1.165) is 35.2 Å². The Balaban J connectivity index is 2.19. The van der Waals surface area contributed by atoms with E-state index < -0.39 is 0 Å². The summed E-state index contributed by atoms with van der Waals surface area (Å²) in [6, 6.07) is 14.0. The summed E-state index contributed by atoms with van der Waals surface area (Å²) in [5.74, 6) is 2.08. The van der Waals surface area contributed by atoms with Gasteiger partial charge in [0.15, 0.2) is 0 Å². The van der Waals surface area contributed by atoms with Crippen molar-refractivity contribution < 1.29 is 4.74 Å². The SMILES string of the molecule is CCNCc1ccc(Oc2ccccc2C(C)C)cc1Cl. The Morgan fingerprint density at radius 3 is 2.57 bits per heavy atom. The van der Waals surface area contributed by atoms with E-state index in [1.54, 1.807) is 0 Å². The number of para-hydroxylation sites is 1. The molecule has 2 nitrogen and oxygen atoms in total. The first-order valence-electron chi connectivity index (χ1n) is 7.37. The van der Waals surface area contributed by atoms with Crippen molar-refractivity contribution in [2.24, 2.45) is 0 Å². The third-order valence-electron chi connectivity index (χ3n) is 3.36. The average Bonchev–Trinajstić information content (AvgIpc) is 2.47. The van der Waals surface area contributed by atoms with E-state index in [9.17, 15) is 0 Å². The molecule has 0 fully saturated rings. The van der Waals surface area contributed by atoms with E-state index in [4.69, 9.17) is 16.3 Å². The van der Waals surface area contributed by atoms with E-state index in [1.807, 2.05) is 36.4 Å². The predicted molar refractivity (Wildman–Crippen MR) is 89.4 cm³/mol. The van der Waals surface area contributed by atoms with Crippen LogP contribution in [0, 0.1) is 0 Å². The van der Waals surface area contributed by atoms with Crippen molar-refractivity contribution in [3.63, 3.8) is 0 Å². The Bertz CT molecular complexity index is 596. The summed E-state index contributed by atoms with van der Waals surface area (Å²) in [5.41, 5.74) is 2.29. The second-order valence-corrected chi connectivity index (χ2v) is 5.74. The largest absolute Gasteiger partial charge is 0.457 e. The van der Waals surface area contributed by atoms with Gasteiger partial charge in [-0.3, -0.25) is 0 Å². The number of ether oxygens (including phenoxy) is 1. The zero-order chi connectivity index (χ0) is 15.2. The van der Waals surface area contributed by atoms with Crippen LogP contribution in [0.25, 0.3) is 0 Å². The Hall–Kier alpha value is -1.51. The van der Waals surface area contributed by atoms with Crippen molar-refractivity contribution in [1.82, 2.24) is 5.32 Å². The molecule has 0 saturated heterocycles. The minimum Gasteiger partial charge on any atom is -0.457 e. The highest BCUT2D eigenvalue weighted by Gasteiger charge is 2.09. The van der Waals surface area contributed by atoms with Crippen LogP contribution < -0.4 is 10.1 Å². The molecular formula is C18H22ClNO. The summed E-state index contributed by atoms with van der Waals surface area (Å²) >= 11 is 6.31. The fourth-order valence-corrected chi connectivity index (χ4v) is 2.41. The maximum atomic E-state index is 6.31. The van der Waals surface area contributed by atoms with Gasteiger partial charge >= 0.3 is 0 Å². The topological polar surface area (TPSA) is 21.3 Å². The van der Waals surface area contributed by atoms with Crippen LogP contribution in [-0.4, -0.2) is 6.54 Å². The Kier molecular flexibility index (Phi) is 5.66. The molecule has 0 aliphatic heterocycles. The zero-order valence-corrected chi connectivity index (χ0v) is 13.6. The first-order chi connectivity index (χ1) is 10.1. The number of nitrogens with one attached hydrogen (secondary N) is 1. The van der Waals surface area contributed by atoms with Gasteiger partial charge in [0.25, 0.3) is 0 Å². The Morgan fingerprint density at radius 2 is 1.90 bits per heavy atom. The molecule has 0 aromatic heterocycles. The predicted octanol–water partition coefficient (Wildman–Crippen LogP) is 5.37. The lowest BCUT2D eigenvalue weighted by atomic mass is 10.0. The van der Waals surface area contributed by atoms with Crippen LogP contribution in [0.3, 0.4) is 0 Å². The van der Waals surface area contributed by atoms with Gasteiger partial charge in [-0.25, -0.2) is 0 Å². The number of rotatable bonds is 6. The molecule has 0 atom stereocenters. The average molecular weight is 304 g/mol. The van der Waals surface area contributed by atoms with Crippen LogP contribution in [0.2, 0.25) is 5.02 Å². The summed E-state index contributed by atoms with van der Waals surface area (Å²) in [6.07, 6.45) is 0. The lowest BCUT2D eigenvalue weighted by Gasteiger charge is -2.14. The summed E-state index contributed by atoms with van der Waals surface area (Å²) in [6.45, 7) is 8.10. The minimum atomic E-state index is 0.421. The first kappa shape index (κ1) is 15.9. The third-order valence-corrected chi connectivity index (χ3v) is 3.71. The van der Waals surface area contributed by atoms with Crippen molar-refractivity contribution in [2.75, 3.05) is 6.54 Å². The molecule has 112 valence electrons. The third kappa shape index (κ3) is 4.23. The fraction of sp³-hybridized carbons (Fsp3) is 0.333. The number of halogens is 1. The molecule has 0 spiro atoms. The molecule has 0 saturated carbocycles. The summed E-state index contributed by atoms with van der Waals surface area (Å²) in [7, 11) is 0. The van der Waals surface area contributed by atoms with Crippen molar-refractivity contribution in [3.05, 3.63) is 58.6 Å². The van der Waals surface area contributed by atoms with E-state index in [1.165, 1.54) is 5.56 Å². The number of benzene rings is 2. The van der Waals surface area contributed by atoms with Crippen LogP contribution in [0.5, 0.6) is 11.5 Å². The van der Waals surface area contributed by atoms with Crippen LogP contribution in [0.1, 0.15) is 37.8 Å². The van der Waals surface area contributed by atoms with Gasteiger partial charge in [-0.15, -0.1) is 0 Å². The fourth-order valence-electron chi connectivity index (χ4n) is 2.17. The summed E-state index contributed by atoms with van der Waals surface area (Å²) in [4.78, 5) is 0. The van der Waals surface area contributed by atoms with Gasteiger partial charge in [0, 0.05) is 11.6 Å². The van der Waals surface area contributed by atoms with Crippen LogP contribution in [-0.2, 0) is 6.54 Å². The molecule has 3 heteroatoms. The lowest BCUT2D eigenvalue weighted by molar-refractivity contribution is 0.473. The minimum absolute atomic E-state index is 0.421. The standard InChI is InChI=1S/C18H22ClNO/c1-4-20-12-14-9-10-15(11-17(14)19)21-18-8-6-5-7-16(18)13(2)3/h5-11,13,20H,4,12H2,1-3H3. The number of hydrogen-bond acceptors (Lipinski definition) is 2. The van der Waals surface area contributed by atoms with E-state index in [-0.39, 0.29) is 0 Å². The monoisotopic (exact) mass is 303 g/mol. The molecule has 0 radical (unpaired) electrons. The van der Waals surface area contributed by atoms with Crippen molar-refractivity contribution in [1.29, 1.82) is 0 Å². The van der Waals surface area contributed by atoms with Gasteiger partial charge < -0.3 is 10.1 Å². The quantitative estimate of drug-likeness (QED) is 0.775.